The molecule has 1 fully saturated rings. The van der Waals surface area contributed by atoms with Gasteiger partial charge >= 0.3 is 0 Å². The SMILES string of the molecule is Nc1cn(CCCC2CC2)cc(Br)c1=O. The zero-order valence-corrected chi connectivity index (χ0v) is 10.2. The smallest absolute Gasteiger partial charge is 0.218 e. The van der Waals surface area contributed by atoms with Crippen LogP contribution in [0.25, 0.3) is 0 Å². The predicted molar refractivity (Wildman–Crippen MR) is 64.8 cm³/mol. The lowest BCUT2D eigenvalue weighted by atomic mass is 10.2. The fourth-order valence-corrected chi connectivity index (χ4v) is 2.21. The number of aromatic nitrogens is 1. The molecule has 1 aliphatic carbocycles. The van der Waals surface area contributed by atoms with Crippen LogP contribution in [0.15, 0.2) is 21.7 Å². The van der Waals surface area contributed by atoms with E-state index >= 15 is 0 Å². The van der Waals surface area contributed by atoms with Gasteiger partial charge in [0.15, 0.2) is 0 Å². The Morgan fingerprint density at radius 1 is 1.47 bits per heavy atom. The van der Waals surface area contributed by atoms with E-state index in [2.05, 4.69) is 15.9 Å². The van der Waals surface area contributed by atoms with Crippen molar-refractivity contribution in [1.29, 1.82) is 0 Å². The molecule has 15 heavy (non-hydrogen) atoms. The zero-order valence-electron chi connectivity index (χ0n) is 8.58. The summed E-state index contributed by atoms with van der Waals surface area (Å²) in [5.41, 5.74) is 5.80. The van der Waals surface area contributed by atoms with Gasteiger partial charge in [-0.25, -0.2) is 0 Å². The molecular weight excluding hydrogens is 256 g/mol. The molecular formula is C11H15BrN2O. The minimum atomic E-state index is -0.117. The molecule has 0 aliphatic heterocycles. The highest BCUT2D eigenvalue weighted by Gasteiger charge is 2.20. The first-order valence-corrected chi connectivity index (χ1v) is 6.11. The predicted octanol–water partition coefficient (Wildman–Crippen LogP) is 2.38. The average molecular weight is 271 g/mol. The molecule has 2 N–H and O–H groups in total. The standard InChI is InChI=1S/C11H15BrN2O/c12-9-6-14(7-10(13)11(9)15)5-1-2-8-3-4-8/h6-8H,1-5,13H2. The molecule has 2 rings (SSSR count). The van der Waals surface area contributed by atoms with Crippen LogP contribution in [0.1, 0.15) is 25.7 Å². The summed E-state index contributed by atoms with van der Waals surface area (Å²) in [7, 11) is 0. The van der Waals surface area contributed by atoms with Crippen LogP contribution >= 0.6 is 15.9 Å². The molecule has 82 valence electrons. The number of nitrogens with zero attached hydrogens (tertiary/aromatic N) is 1. The number of halogens is 1. The van der Waals surface area contributed by atoms with Gasteiger partial charge in [0.05, 0.1) is 10.2 Å². The molecule has 1 aromatic heterocycles. The van der Waals surface area contributed by atoms with E-state index in [-0.39, 0.29) is 5.43 Å². The topological polar surface area (TPSA) is 48.0 Å². The molecule has 3 nitrogen and oxygen atoms in total. The molecule has 1 heterocycles. The van der Waals surface area contributed by atoms with Crippen LogP contribution in [0.4, 0.5) is 5.69 Å². The number of hydrogen-bond donors (Lipinski definition) is 1. The highest BCUT2D eigenvalue weighted by Crippen LogP contribution is 2.33. The maximum absolute atomic E-state index is 11.3. The van der Waals surface area contributed by atoms with Gasteiger partial charge in [-0.15, -0.1) is 0 Å². The molecule has 0 spiro atoms. The largest absolute Gasteiger partial charge is 0.394 e. The van der Waals surface area contributed by atoms with E-state index in [4.69, 9.17) is 5.73 Å². The van der Waals surface area contributed by atoms with Gasteiger partial charge in [0.2, 0.25) is 5.43 Å². The second-order valence-corrected chi connectivity index (χ2v) is 5.07. The van der Waals surface area contributed by atoms with Crippen LogP contribution in [0.2, 0.25) is 0 Å². The fourth-order valence-electron chi connectivity index (χ4n) is 1.71. The van der Waals surface area contributed by atoms with Crippen molar-refractivity contribution in [1.82, 2.24) is 4.57 Å². The van der Waals surface area contributed by atoms with Crippen molar-refractivity contribution in [2.45, 2.75) is 32.2 Å². The Morgan fingerprint density at radius 3 is 2.80 bits per heavy atom. The molecule has 0 amide bonds. The Kier molecular flexibility index (Phi) is 3.14. The van der Waals surface area contributed by atoms with E-state index < -0.39 is 0 Å². The summed E-state index contributed by atoms with van der Waals surface area (Å²) < 4.78 is 2.54. The average Bonchev–Trinajstić information content (AvgIpc) is 2.98. The number of nitrogen functional groups attached to an aromatic ring is 1. The van der Waals surface area contributed by atoms with Crippen LogP contribution in [-0.2, 0) is 6.54 Å². The van der Waals surface area contributed by atoms with E-state index in [9.17, 15) is 4.79 Å². The molecule has 0 unspecified atom stereocenters. The van der Waals surface area contributed by atoms with Crippen LogP contribution in [0, 0.1) is 5.92 Å². The first kappa shape index (κ1) is 10.7. The van der Waals surface area contributed by atoms with Crippen molar-refractivity contribution in [3.8, 4) is 0 Å². The summed E-state index contributed by atoms with van der Waals surface area (Å²) in [6, 6.07) is 0. The molecule has 1 saturated carbocycles. The summed E-state index contributed by atoms with van der Waals surface area (Å²) in [4.78, 5) is 11.3. The maximum atomic E-state index is 11.3. The van der Waals surface area contributed by atoms with E-state index in [1.165, 1.54) is 25.7 Å². The third-order valence-electron chi connectivity index (χ3n) is 2.79. The molecule has 0 radical (unpaired) electrons. The zero-order chi connectivity index (χ0) is 10.8. The Balaban J connectivity index is 1.98. The molecule has 4 heteroatoms. The van der Waals surface area contributed by atoms with Crippen molar-refractivity contribution in [3.05, 3.63) is 27.1 Å². The van der Waals surface area contributed by atoms with Gasteiger partial charge < -0.3 is 10.3 Å². The summed E-state index contributed by atoms with van der Waals surface area (Å²) in [6.45, 7) is 0.944. The molecule has 0 atom stereocenters. The van der Waals surface area contributed by atoms with Gasteiger partial charge in [-0.2, -0.15) is 0 Å². The number of rotatable bonds is 4. The molecule has 0 aromatic carbocycles. The highest BCUT2D eigenvalue weighted by atomic mass is 79.9. The van der Waals surface area contributed by atoms with Gasteiger partial charge in [0.1, 0.15) is 0 Å². The molecule has 0 saturated heterocycles. The Morgan fingerprint density at radius 2 is 2.20 bits per heavy atom. The molecule has 1 aliphatic rings. The summed E-state index contributed by atoms with van der Waals surface area (Å²) >= 11 is 3.22. The minimum Gasteiger partial charge on any atom is -0.394 e. The minimum absolute atomic E-state index is 0.117. The van der Waals surface area contributed by atoms with Gasteiger partial charge in [-0.1, -0.05) is 12.8 Å². The Bertz CT molecular complexity index is 383. The van der Waals surface area contributed by atoms with E-state index in [1.807, 2.05) is 10.8 Å². The number of pyridine rings is 1. The normalized spacial score (nSPS) is 15.5. The number of hydrogen-bond acceptors (Lipinski definition) is 2. The van der Waals surface area contributed by atoms with E-state index in [0.29, 0.717) is 10.2 Å². The fraction of sp³-hybridized carbons (Fsp3) is 0.545. The second kappa shape index (κ2) is 4.39. The lowest BCUT2D eigenvalue weighted by Gasteiger charge is -2.07. The number of nitrogens with two attached hydrogens (primary N) is 1. The quantitative estimate of drug-likeness (QED) is 0.914. The third-order valence-corrected chi connectivity index (χ3v) is 3.35. The lowest BCUT2D eigenvalue weighted by Crippen LogP contribution is -2.13. The van der Waals surface area contributed by atoms with Crippen molar-refractivity contribution < 1.29 is 0 Å². The van der Waals surface area contributed by atoms with Crippen LogP contribution in [-0.4, -0.2) is 4.57 Å². The van der Waals surface area contributed by atoms with Gasteiger partial charge in [0, 0.05) is 18.9 Å². The van der Waals surface area contributed by atoms with Gasteiger partial charge in [-0.05, 0) is 34.7 Å². The summed E-state index contributed by atoms with van der Waals surface area (Å²) in [5, 5.41) is 0. The van der Waals surface area contributed by atoms with Crippen molar-refractivity contribution in [2.75, 3.05) is 5.73 Å². The Labute approximate surface area is 97.4 Å². The van der Waals surface area contributed by atoms with Crippen LogP contribution in [0.3, 0.4) is 0 Å². The molecule has 1 aromatic rings. The highest BCUT2D eigenvalue weighted by molar-refractivity contribution is 9.10. The van der Waals surface area contributed by atoms with Crippen molar-refractivity contribution in [2.24, 2.45) is 5.92 Å². The monoisotopic (exact) mass is 270 g/mol. The van der Waals surface area contributed by atoms with E-state index in [1.54, 1.807) is 6.20 Å². The van der Waals surface area contributed by atoms with Crippen molar-refractivity contribution in [3.63, 3.8) is 0 Å². The number of anilines is 1. The molecule has 0 bridgehead atoms. The first-order chi connectivity index (χ1) is 7.16. The van der Waals surface area contributed by atoms with E-state index in [0.717, 1.165) is 12.5 Å². The van der Waals surface area contributed by atoms with Gasteiger partial charge in [0.25, 0.3) is 0 Å². The first-order valence-electron chi connectivity index (χ1n) is 5.32. The Hall–Kier alpha value is -0.770. The summed E-state index contributed by atoms with van der Waals surface area (Å²) in [5.74, 6) is 0.963. The van der Waals surface area contributed by atoms with Crippen LogP contribution in [0.5, 0.6) is 0 Å². The lowest BCUT2D eigenvalue weighted by molar-refractivity contribution is 0.574. The number of aryl methyl sites for hydroxylation is 1. The maximum Gasteiger partial charge on any atom is 0.218 e. The third kappa shape index (κ3) is 2.84. The second-order valence-electron chi connectivity index (χ2n) is 4.21. The van der Waals surface area contributed by atoms with Crippen molar-refractivity contribution >= 4 is 21.6 Å². The van der Waals surface area contributed by atoms with Crippen LogP contribution < -0.4 is 11.2 Å². The van der Waals surface area contributed by atoms with Gasteiger partial charge in [-0.3, -0.25) is 4.79 Å². The summed E-state index contributed by atoms with van der Waals surface area (Å²) in [6.07, 6.45) is 8.79.